The standard InChI is InChI=1S/C13H20F2N2O2S/c1-3-4-5-8-17(2)20(18,19)12-7-6-11(14)10(9-16)13(12)15/h6-7H,3-5,8-9,16H2,1-2H3. The van der Waals surface area contributed by atoms with Crippen LogP contribution in [0.1, 0.15) is 31.7 Å². The molecule has 1 aromatic carbocycles. The van der Waals surface area contributed by atoms with Crippen LogP contribution in [-0.2, 0) is 16.6 Å². The Morgan fingerprint density at radius 1 is 1.25 bits per heavy atom. The van der Waals surface area contributed by atoms with Crippen LogP contribution in [0.5, 0.6) is 0 Å². The van der Waals surface area contributed by atoms with Crippen LogP contribution >= 0.6 is 0 Å². The Labute approximate surface area is 118 Å². The van der Waals surface area contributed by atoms with Crippen molar-refractivity contribution < 1.29 is 17.2 Å². The van der Waals surface area contributed by atoms with Crippen molar-refractivity contribution in [2.24, 2.45) is 5.73 Å². The summed E-state index contributed by atoms with van der Waals surface area (Å²) in [5.41, 5.74) is 4.84. The van der Waals surface area contributed by atoms with Crippen LogP contribution in [0.25, 0.3) is 0 Å². The molecule has 0 saturated heterocycles. The van der Waals surface area contributed by atoms with Crippen LogP contribution in [0.4, 0.5) is 8.78 Å². The Bertz CT molecular complexity index is 562. The summed E-state index contributed by atoms with van der Waals surface area (Å²) < 4.78 is 53.0. The highest BCUT2D eigenvalue weighted by molar-refractivity contribution is 7.89. The first-order valence-electron chi connectivity index (χ1n) is 6.49. The molecule has 0 heterocycles. The average Bonchev–Trinajstić information content (AvgIpc) is 2.39. The van der Waals surface area contributed by atoms with Crippen LogP contribution in [0.2, 0.25) is 0 Å². The second kappa shape index (κ2) is 7.10. The Kier molecular flexibility index (Phi) is 6.04. The maximum atomic E-state index is 14.1. The summed E-state index contributed by atoms with van der Waals surface area (Å²) in [4.78, 5) is -0.529. The number of hydrogen-bond acceptors (Lipinski definition) is 3. The van der Waals surface area contributed by atoms with Crippen LogP contribution in [0.3, 0.4) is 0 Å². The van der Waals surface area contributed by atoms with Crippen molar-refractivity contribution in [1.29, 1.82) is 0 Å². The molecular formula is C13H20F2N2O2S. The molecule has 0 bridgehead atoms. The summed E-state index contributed by atoms with van der Waals surface area (Å²) in [6.45, 7) is 1.91. The number of rotatable bonds is 7. The van der Waals surface area contributed by atoms with Gasteiger partial charge < -0.3 is 5.73 Å². The van der Waals surface area contributed by atoms with Crippen LogP contribution in [0, 0.1) is 11.6 Å². The van der Waals surface area contributed by atoms with Gasteiger partial charge in [-0.1, -0.05) is 19.8 Å². The monoisotopic (exact) mass is 306 g/mol. The fourth-order valence-electron chi connectivity index (χ4n) is 1.84. The van der Waals surface area contributed by atoms with Gasteiger partial charge in [-0.05, 0) is 18.6 Å². The zero-order valence-electron chi connectivity index (χ0n) is 11.7. The summed E-state index contributed by atoms with van der Waals surface area (Å²) >= 11 is 0. The molecule has 0 aliphatic heterocycles. The molecule has 0 saturated carbocycles. The molecule has 0 aromatic heterocycles. The molecule has 0 unspecified atom stereocenters. The quantitative estimate of drug-likeness (QED) is 0.786. The second-order valence-electron chi connectivity index (χ2n) is 4.58. The normalized spacial score (nSPS) is 12.1. The van der Waals surface area contributed by atoms with E-state index < -0.39 is 32.1 Å². The van der Waals surface area contributed by atoms with Crippen molar-refractivity contribution in [2.75, 3.05) is 13.6 Å². The van der Waals surface area contributed by atoms with E-state index in [1.54, 1.807) is 0 Å². The lowest BCUT2D eigenvalue weighted by Crippen LogP contribution is -2.29. The van der Waals surface area contributed by atoms with Gasteiger partial charge in [-0.2, -0.15) is 0 Å². The maximum Gasteiger partial charge on any atom is 0.245 e. The SMILES string of the molecule is CCCCCN(C)S(=O)(=O)c1ccc(F)c(CN)c1F. The molecule has 0 radical (unpaired) electrons. The predicted octanol–water partition coefficient (Wildman–Crippen LogP) is 2.23. The summed E-state index contributed by atoms with van der Waals surface area (Å²) in [6, 6.07) is 1.87. The molecule has 1 rings (SSSR count). The van der Waals surface area contributed by atoms with Gasteiger partial charge in [-0.25, -0.2) is 21.5 Å². The van der Waals surface area contributed by atoms with Gasteiger partial charge in [0.2, 0.25) is 10.0 Å². The van der Waals surface area contributed by atoms with Crippen LogP contribution in [0.15, 0.2) is 17.0 Å². The van der Waals surface area contributed by atoms with Crippen molar-refractivity contribution in [1.82, 2.24) is 4.31 Å². The van der Waals surface area contributed by atoms with E-state index in [9.17, 15) is 17.2 Å². The highest BCUT2D eigenvalue weighted by Gasteiger charge is 2.26. The van der Waals surface area contributed by atoms with Gasteiger partial charge in [-0.3, -0.25) is 0 Å². The van der Waals surface area contributed by atoms with Crippen molar-refractivity contribution in [3.63, 3.8) is 0 Å². The van der Waals surface area contributed by atoms with Crippen molar-refractivity contribution in [3.8, 4) is 0 Å². The largest absolute Gasteiger partial charge is 0.326 e. The molecule has 2 N–H and O–H groups in total. The first-order chi connectivity index (χ1) is 9.36. The number of nitrogens with zero attached hydrogens (tertiary/aromatic N) is 1. The number of halogens is 2. The van der Waals surface area contributed by atoms with Gasteiger partial charge in [0, 0.05) is 25.7 Å². The predicted molar refractivity (Wildman–Crippen MR) is 73.6 cm³/mol. The van der Waals surface area contributed by atoms with E-state index in [0.29, 0.717) is 13.0 Å². The maximum absolute atomic E-state index is 14.1. The van der Waals surface area contributed by atoms with E-state index in [1.807, 2.05) is 6.92 Å². The highest BCUT2D eigenvalue weighted by Crippen LogP contribution is 2.23. The number of nitrogens with two attached hydrogens (primary N) is 1. The summed E-state index contributed by atoms with van der Waals surface area (Å²) in [6.07, 6.45) is 2.54. The van der Waals surface area contributed by atoms with Gasteiger partial charge in [0.1, 0.15) is 10.7 Å². The molecule has 0 aliphatic rings. The molecule has 7 heteroatoms. The van der Waals surface area contributed by atoms with E-state index in [2.05, 4.69) is 0 Å². The van der Waals surface area contributed by atoms with Crippen molar-refractivity contribution in [3.05, 3.63) is 29.3 Å². The van der Waals surface area contributed by atoms with Crippen LogP contribution in [-0.4, -0.2) is 26.3 Å². The molecule has 0 spiro atoms. The molecular weight excluding hydrogens is 286 g/mol. The first-order valence-corrected chi connectivity index (χ1v) is 7.93. The van der Waals surface area contributed by atoms with Gasteiger partial charge in [-0.15, -0.1) is 0 Å². The Balaban J connectivity index is 3.10. The van der Waals surface area contributed by atoms with Gasteiger partial charge in [0.05, 0.1) is 0 Å². The van der Waals surface area contributed by atoms with Gasteiger partial charge in [0.25, 0.3) is 0 Å². The van der Waals surface area contributed by atoms with E-state index in [0.717, 1.165) is 29.3 Å². The molecule has 4 nitrogen and oxygen atoms in total. The molecule has 0 fully saturated rings. The third-order valence-corrected chi connectivity index (χ3v) is 4.99. The number of sulfonamides is 1. The lowest BCUT2D eigenvalue weighted by Gasteiger charge is -2.18. The van der Waals surface area contributed by atoms with Crippen molar-refractivity contribution >= 4 is 10.0 Å². The first kappa shape index (κ1) is 17.0. The Morgan fingerprint density at radius 3 is 2.45 bits per heavy atom. The minimum absolute atomic E-state index is 0.297. The van der Waals surface area contributed by atoms with E-state index in [-0.39, 0.29) is 6.54 Å². The number of hydrogen-bond donors (Lipinski definition) is 1. The zero-order valence-corrected chi connectivity index (χ0v) is 12.5. The molecule has 0 amide bonds. The second-order valence-corrected chi connectivity index (χ2v) is 6.59. The topological polar surface area (TPSA) is 63.4 Å². The fraction of sp³-hybridized carbons (Fsp3) is 0.538. The zero-order chi connectivity index (χ0) is 15.3. The number of unbranched alkanes of at least 4 members (excludes halogenated alkanes) is 2. The minimum atomic E-state index is -3.96. The summed E-state index contributed by atoms with van der Waals surface area (Å²) in [5, 5.41) is 0. The average molecular weight is 306 g/mol. The van der Waals surface area contributed by atoms with E-state index in [4.69, 9.17) is 5.73 Å². The van der Waals surface area contributed by atoms with Crippen molar-refractivity contribution in [2.45, 2.75) is 37.6 Å². The lowest BCUT2D eigenvalue weighted by atomic mass is 10.2. The molecule has 0 atom stereocenters. The molecule has 114 valence electrons. The molecule has 1 aromatic rings. The number of benzene rings is 1. The van der Waals surface area contributed by atoms with Gasteiger partial charge in [0.15, 0.2) is 5.82 Å². The smallest absolute Gasteiger partial charge is 0.245 e. The Hall–Kier alpha value is -1.05. The minimum Gasteiger partial charge on any atom is -0.326 e. The summed E-state index contributed by atoms with van der Waals surface area (Å²) in [7, 11) is -2.58. The fourth-order valence-corrected chi connectivity index (χ4v) is 3.13. The van der Waals surface area contributed by atoms with E-state index >= 15 is 0 Å². The molecule has 0 aliphatic carbocycles. The van der Waals surface area contributed by atoms with Crippen LogP contribution < -0.4 is 5.73 Å². The highest BCUT2D eigenvalue weighted by atomic mass is 32.2. The third-order valence-electron chi connectivity index (χ3n) is 3.12. The van der Waals surface area contributed by atoms with Gasteiger partial charge >= 0.3 is 0 Å². The lowest BCUT2D eigenvalue weighted by molar-refractivity contribution is 0.446. The molecule has 20 heavy (non-hydrogen) atoms. The Morgan fingerprint density at radius 2 is 1.90 bits per heavy atom. The third kappa shape index (κ3) is 3.53. The summed E-state index contributed by atoms with van der Waals surface area (Å²) in [5.74, 6) is -1.94. The van der Waals surface area contributed by atoms with E-state index in [1.165, 1.54) is 7.05 Å².